The van der Waals surface area contributed by atoms with Crippen molar-refractivity contribution in [1.29, 1.82) is 0 Å². The highest BCUT2D eigenvalue weighted by atomic mass is 16.5. The summed E-state index contributed by atoms with van der Waals surface area (Å²) in [7, 11) is 0. The molecule has 0 aliphatic rings. The van der Waals surface area contributed by atoms with Gasteiger partial charge in [0.25, 0.3) is 0 Å². The van der Waals surface area contributed by atoms with Crippen LogP contribution in [0.2, 0.25) is 0 Å². The quantitative estimate of drug-likeness (QED) is 0.281. The minimum atomic E-state index is -0.753. The van der Waals surface area contributed by atoms with E-state index >= 15 is 0 Å². The lowest BCUT2D eigenvalue weighted by atomic mass is 10.1. The zero-order valence-electron chi connectivity index (χ0n) is 17.6. The van der Waals surface area contributed by atoms with Crippen LogP contribution >= 0.6 is 0 Å². The van der Waals surface area contributed by atoms with Gasteiger partial charge in [-0.15, -0.1) is 0 Å². The molecule has 0 bridgehead atoms. The van der Waals surface area contributed by atoms with Crippen molar-refractivity contribution >= 4 is 5.82 Å². The van der Waals surface area contributed by atoms with E-state index < -0.39 is 6.10 Å². The highest BCUT2D eigenvalue weighted by molar-refractivity contribution is 5.34. The minimum absolute atomic E-state index is 0.0818. The molecule has 0 unspecified atom stereocenters. The molecule has 2 aromatic heterocycles. The molecular formula is C23H28N4O5. The molecule has 3 aromatic rings. The Balaban J connectivity index is 1.45. The van der Waals surface area contributed by atoms with Crippen LogP contribution < -0.4 is 20.5 Å². The fraction of sp³-hybridized carbons (Fsp3) is 0.304. The Labute approximate surface area is 186 Å². The zero-order valence-corrected chi connectivity index (χ0v) is 17.6. The van der Waals surface area contributed by atoms with Gasteiger partial charge in [-0.3, -0.25) is 0 Å². The van der Waals surface area contributed by atoms with Crippen LogP contribution in [-0.4, -0.2) is 57.2 Å². The molecule has 2 atom stereocenters. The van der Waals surface area contributed by atoms with Crippen LogP contribution in [-0.2, 0) is 13.0 Å². The summed E-state index contributed by atoms with van der Waals surface area (Å²) in [4.78, 5) is 8.07. The molecule has 170 valence electrons. The van der Waals surface area contributed by atoms with Crippen molar-refractivity contribution in [2.75, 3.05) is 25.5 Å². The van der Waals surface area contributed by atoms with E-state index in [2.05, 4.69) is 15.3 Å². The molecule has 0 saturated heterocycles. The van der Waals surface area contributed by atoms with Crippen molar-refractivity contribution in [3.8, 4) is 17.4 Å². The predicted molar refractivity (Wildman–Crippen MR) is 119 cm³/mol. The summed E-state index contributed by atoms with van der Waals surface area (Å²) in [6, 6.07) is 14.0. The Morgan fingerprint density at radius 1 is 1.00 bits per heavy atom. The first-order chi connectivity index (χ1) is 15.6. The molecule has 9 nitrogen and oxygen atoms in total. The Kier molecular flexibility index (Phi) is 8.76. The SMILES string of the molecule is Nc1ccc(OC[C@@H](O)CN[C@H](CO)Cc2ccc(Oc3ncccc3CO)cc2)cn1. The third-order valence-corrected chi connectivity index (χ3v) is 4.70. The Morgan fingerprint density at radius 3 is 2.47 bits per heavy atom. The smallest absolute Gasteiger partial charge is 0.224 e. The molecule has 2 heterocycles. The van der Waals surface area contributed by atoms with E-state index in [1.165, 1.54) is 6.20 Å². The maximum absolute atomic E-state index is 10.1. The third kappa shape index (κ3) is 7.17. The summed E-state index contributed by atoms with van der Waals surface area (Å²) in [5, 5.41) is 32.4. The number of nitrogens with two attached hydrogens (primary N) is 1. The number of pyridine rings is 2. The number of hydrogen-bond donors (Lipinski definition) is 5. The van der Waals surface area contributed by atoms with Gasteiger partial charge in [0, 0.05) is 24.3 Å². The van der Waals surface area contributed by atoms with Gasteiger partial charge in [-0.05, 0) is 48.4 Å². The molecule has 3 rings (SSSR count). The molecule has 32 heavy (non-hydrogen) atoms. The summed E-state index contributed by atoms with van der Waals surface area (Å²) >= 11 is 0. The van der Waals surface area contributed by atoms with Crippen LogP contribution in [0.15, 0.2) is 60.9 Å². The lowest BCUT2D eigenvalue weighted by molar-refractivity contribution is 0.0996. The van der Waals surface area contributed by atoms with E-state index in [0.29, 0.717) is 35.2 Å². The summed E-state index contributed by atoms with van der Waals surface area (Å²) in [5.41, 5.74) is 7.13. The topological polar surface area (TPSA) is 143 Å². The molecular weight excluding hydrogens is 412 g/mol. The molecule has 0 fully saturated rings. The number of ether oxygens (including phenoxy) is 2. The fourth-order valence-electron chi connectivity index (χ4n) is 2.96. The number of benzene rings is 1. The second kappa shape index (κ2) is 12.0. The maximum Gasteiger partial charge on any atom is 0.224 e. The van der Waals surface area contributed by atoms with Gasteiger partial charge >= 0.3 is 0 Å². The number of nitrogens with zero attached hydrogens (tertiary/aromatic N) is 2. The van der Waals surface area contributed by atoms with Gasteiger partial charge in [-0.2, -0.15) is 0 Å². The third-order valence-electron chi connectivity index (χ3n) is 4.70. The van der Waals surface area contributed by atoms with E-state index in [9.17, 15) is 15.3 Å². The van der Waals surface area contributed by atoms with Gasteiger partial charge in [0.2, 0.25) is 5.88 Å². The normalized spacial score (nSPS) is 12.8. The number of rotatable bonds is 12. The molecule has 0 aliphatic heterocycles. The molecule has 0 aliphatic carbocycles. The van der Waals surface area contributed by atoms with Crippen LogP contribution in [0.4, 0.5) is 5.82 Å². The lowest BCUT2D eigenvalue weighted by Gasteiger charge is -2.19. The number of aromatic nitrogens is 2. The number of aliphatic hydroxyl groups excluding tert-OH is 3. The van der Waals surface area contributed by atoms with Crippen molar-refractivity contribution < 1.29 is 24.8 Å². The Morgan fingerprint density at radius 2 is 1.78 bits per heavy atom. The van der Waals surface area contributed by atoms with E-state index in [1.54, 1.807) is 30.5 Å². The van der Waals surface area contributed by atoms with Crippen LogP contribution in [0.1, 0.15) is 11.1 Å². The number of nitrogen functional groups attached to an aromatic ring is 1. The predicted octanol–water partition coefficient (Wildman–Crippen LogP) is 1.28. The van der Waals surface area contributed by atoms with Gasteiger partial charge < -0.3 is 35.8 Å². The van der Waals surface area contributed by atoms with Crippen molar-refractivity contribution in [3.63, 3.8) is 0 Å². The molecule has 1 aromatic carbocycles. The molecule has 0 saturated carbocycles. The summed E-state index contributed by atoms with van der Waals surface area (Å²) in [6.07, 6.45) is 2.92. The average Bonchev–Trinajstić information content (AvgIpc) is 2.82. The van der Waals surface area contributed by atoms with Gasteiger partial charge in [0.1, 0.15) is 30.0 Å². The van der Waals surface area contributed by atoms with Crippen LogP contribution in [0.25, 0.3) is 0 Å². The zero-order chi connectivity index (χ0) is 22.8. The second-order valence-electron chi connectivity index (χ2n) is 7.25. The summed E-state index contributed by atoms with van der Waals surface area (Å²) in [6.45, 7) is 0.116. The van der Waals surface area contributed by atoms with E-state index in [1.807, 2.05) is 24.3 Å². The summed E-state index contributed by atoms with van der Waals surface area (Å²) < 4.78 is 11.2. The number of aliphatic hydroxyl groups is 3. The highest BCUT2D eigenvalue weighted by Crippen LogP contribution is 2.23. The van der Waals surface area contributed by atoms with Gasteiger partial charge in [-0.1, -0.05) is 12.1 Å². The molecule has 0 amide bonds. The van der Waals surface area contributed by atoms with Crippen LogP contribution in [0.5, 0.6) is 17.4 Å². The van der Waals surface area contributed by atoms with E-state index in [-0.39, 0.29) is 32.4 Å². The Bertz CT molecular complexity index is 953. The van der Waals surface area contributed by atoms with Crippen molar-refractivity contribution in [2.24, 2.45) is 0 Å². The van der Waals surface area contributed by atoms with Crippen LogP contribution in [0, 0.1) is 0 Å². The fourth-order valence-corrected chi connectivity index (χ4v) is 2.96. The first-order valence-corrected chi connectivity index (χ1v) is 10.3. The first-order valence-electron chi connectivity index (χ1n) is 10.3. The molecule has 9 heteroatoms. The first kappa shape index (κ1) is 23.4. The number of nitrogens with one attached hydrogen (secondary N) is 1. The molecule has 0 radical (unpaired) electrons. The number of anilines is 1. The minimum Gasteiger partial charge on any atom is -0.489 e. The van der Waals surface area contributed by atoms with Crippen molar-refractivity contribution in [2.45, 2.75) is 25.2 Å². The van der Waals surface area contributed by atoms with Crippen molar-refractivity contribution in [3.05, 3.63) is 72.1 Å². The maximum atomic E-state index is 10.1. The highest BCUT2D eigenvalue weighted by Gasteiger charge is 2.12. The lowest BCUT2D eigenvalue weighted by Crippen LogP contribution is -2.41. The molecule has 0 spiro atoms. The second-order valence-corrected chi connectivity index (χ2v) is 7.25. The van der Waals surface area contributed by atoms with Crippen LogP contribution in [0.3, 0.4) is 0 Å². The standard InChI is InChI=1S/C23H28N4O5/c24-22-8-7-21(12-27-22)31-15-19(30)11-26-18(14-29)10-16-3-5-20(6-4-16)32-23-17(13-28)2-1-9-25-23/h1-9,12,18-19,26,28-30H,10-11,13-15H2,(H2,24,27)/t18-,19-/m0/s1. The van der Waals surface area contributed by atoms with E-state index in [4.69, 9.17) is 15.2 Å². The largest absolute Gasteiger partial charge is 0.489 e. The van der Waals surface area contributed by atoms with Gasteiger partial charge in [0.05, 0.1) is 19.4 Å². The monoisotopic (exact) mass is 440 g/mol. The van der Waals surface area contributed by atoms with Gasteiger partial charge in [0.15, 0.2) is 0 Å². The summed E-state index contributed by atoms with van der Waals surface area (Å²) in [5.74, 6) is 1.89. The van der Waals surface area contributed by atoms with Gasteiger partial charge in [-0.25, -0.2) is 9.97 Å². The molecule has 6 N–H and O–H groups in total. The van der Waals surface area contributed by atoms with Crippen molar-refractivity contribution in [1.82, 2.24) is 15.3 Å². The average molecular weight is 441 g/mol. The Hall–Kier alpha value is -3.24. The number of hydrogen-bond acceptors (Lipinski definition) is 9. The van der Waals surface area contributed by atoms with E-state index in [0.717, 1.165) is 5.56 Å².